The second kappa shape index (κ2) is 4.55. The molecule has 0 aliphatic rings. The first-order valence-corrected chi connectivity index (χ1v) is 5.52. The van der Waals surface area contributed by atoms with E-state index >= 15 is 0 Å². The van der Waals surface area contributed by atoms with Crippen LogP contribution in [0.5, 0.6) is 0 Å². The third-order valence-corrected chi connectivity index (χ3v) is 2.84. The van der Waals surface area contributed by atoms with Crippen molar-refractivity contribution < 1.29 is 5.11 Å². The maximum absolute atomic E-state index is 11.9. The second-order valence-corrected chi connectivity index (χ2v) is 4.14. The molecule has 0 saturated carbocycles. The van der Waals surface area contributed by atoms with Gasteiger partial charge in [0.15, 0.2) is 0 Å². The van der Waals surface area contributed by atoms with Crippen molar-refractivity contribution >= 4 is 0 Å². The molecule has 0 radical (unpaired) electrons. The highest BCUT2D eigenvalue weighted by Gasteiger charge is 2.06. The Balaban J connectivity index is 2.72. The highest BCUT2D eigenvalue weighted by molar-refractivity contribution is 5.47. The van der Waals surface area contributed by atoms with Gasteiger partial charge in [-0.2, -0.15) is 0 Å². The van der Waals surface area contributed by atoms with Crippen LogP contribution in [0, 0.1) is 13.8 Å². The highest BCUT2D eigenvalue weighted by Crippen LogP contribution is 2.17. The van der Waals surface area contributed by atoms with Gasteiger partial charge in [0, 0.05) is 12.3 Å². The largest absolute Gasteiger partial charge is 0.392 e. The van der Waals surface area contributed by atoms with Crippen molar-refractivity contribution in [3.8, 4) is 5.69 Å². The summed E-state index contributed by atoms with van der Waals surface area (Å²) in [4.78, 5) is 11.9. The lowest BCUT2D eigenvalue weighted by atomic mass is 10.1. The number of rotatable bonds is 2. The van der Waals surface area contributed by atoms with Gasteiger partial charge in [-0.3, -0.25) is 9.36 Å². The maximum Gasteiger partial charge on any atom is 0.255 e. The van der Waals surface area contributed by atoms with Crippen molar-refractivity contribution in [3.63, 3.8) is 0 Å². The summed E-state index contributed by atoms with van der Waals surface area (Å²) in [6.45, 7) is 3.88. The van der Waals surface area contributed by atoms with Gasteiger partial charge in [0.25, 0.3) is 5.56 Å². The van der Waals surface area contributed by atoms with E-state index in [4.69, 9.17) is 5.11 Å². The summed E-state index contributed by atoms with van der Waals surface area (Å²) in [6, 6.07) is 9.04. The highest BCUT2D eigenvalue weighted by atomic mass is 16.3. The van der Waals surface area contributed by atoms with Crippen molar-refractivity contribution in [3.05, 3.63) is 63.6 Å². The molecule has 0 atom stereocenters. The molecule has 3 heteroatoms. The lowest BCUT2D eigenvalue weighted by Crippen LogP contribution is -2.19. The van der Waals surface area contributed by atoms with Gasteiger partial charge in [-0.25, -0.2) is 0 Å². The van der Waals surface area contributed by atoms with E-state index in [2.05, 4.69) is 0 Å². The Morgan fingerprint density at radius 2 is 1.76 bits per heavy atom. The van der Waals surface area contributed by atoms with Gasteiger partial charge in [-0.05, 0) is 36.6 Å². The molecule has 0 saturated heterocycles. The van der Waals surface area contributed by atoms with E-state index < -0.39 is 0 Å². The Labute approximate surface area is 100.0 Å². The zero-order valence-corrected chi connectivity index (χ0v) is 9.97. The van der Waals surface area contributed by atoms with Crippen LogP contribution in [0.15, 0.2) is 41.3 Å². The normalized spacial score (nSPS) is 10.5. The molecular formula is C14H15NO2. The average Bonchev–Trinajstić information content (AvgIpc) is 2.31. The Morgan fingerprint density at radius 1 is 1.12 bits per heavy atom. The van der Waals surface area contributed by atoms with Crippen LogP contribution >= 0.6 is 0 Å². The molecule has 0 aliphatic carbocycles. The Morgan fingerprint density at radius 3 is 2.35 bits per heavy atom. The van der Waals surface area contributed by atoms with Crippen LogP contribution in [0.3, 0.4) is 0 Å². The van der Waals surface area contributed by atoms with Gasteiger partial charge in [0.05, 0.1) is 12.3 Å². The third-order valence-electron chi connectivity index (χ3n) is 2.84. The molecule has 0 bridgehead atoms. The summed E-state index contributed by atoms with van der Waals surface area (Å²) in [7, 11) is 0. The lowest BCUT2D eigenvalue weighted by Gasteiger charge is -2.13. The smallest absolute Gasteiger partial charge is 0.255 e. The number of hydrogen-bond donors (Lipinski definition) is 1. The first-order valence-electron chi connectivity index (χ1n) is 5.52. The van der Waals surface area contributed by atoms with Crippen molar-refractivity contribution in [1.29, 1.82) is 0 Å². The molecule has 0 amide bonds. The van der Waals surface area contributed by atoms with E-state index in [1.807, 2.05) is 32.0 Å². The second-order valence-electron chi connectivity index (χ2n) is 4.14. The van der Waals surface area contributed by atoms with E-state index in [0.29, 0.717) is 0 Å². The monoisotopic (exact) mass is 229 g/mol. The molecule has 2 rings (SSSR count). The fourth-order valence-electron chi connectivity index (χ4n) is 1.99. The van der Waals surface area contributed by atoms with Crippen molar-refractivity contribution in [2.24, 2.45) is 0 Å². The number of aliphatic hydroxyl groups excluding tert-OH is 1. The molecule has 1 aromatic carbocycles. The molecule has 3 nitrogen and oxygen atoms in total. The van der Waals surface area contributed by atoms with Gasteiger partial charge >= 0.3 is 0 Å². The molecule has 0 unspecified atom stereocenters. The molecule has 1 aromatic heterocycles. The summed E-state index contributed by atoms with van der Waals surface area (Å²) < 4.78 is 1.59. The summed E-state index contributed by atoms with van der Waals surface area (Å²) in [5.74, 6) is 0. The summed E-state index contributed by atoms with van der Waals surface area (Å²) in [5.41, 5.74) is 3.63. The van der Waals surface area contributed by atoms with Crippen LogP contribution in [-0.2, 0) is 6.61 Å². The van der Waals surface area contributed by atoms with Crippen LogP contribution < -0.4 is 5.56 Å². The predicted octanol–water partition coefficient (Wildman–Crippen LogP) is 1.95. The minimum atomic E-state index is -0.0837. The molecule has 1 N–H and O–H groups in total. The van der Waals surface area contributed by atoms with Gasteiger partial charge in [-0.15, -0.1) is 0 Å². The number of hydrogen-bond acceptors (Lipinski definition) is 2. The number of aryl methyl sites for hydroxylation is 2. The van der Waals surface area contributed by atoms with Gasteiger partial charge < -0.3 is 5.11 Å². The van der Waals surface area contributed by atoms with Crippen LogP contribution in [0.4, 0.5) is 0 Å². The maximum atomic E-state index is 11.9. The van der Waals surface area contributed by atoms with Crippen LogP contribution in [0.1, 0.15) is 16.7 Å². The SMILES string of the molecule is Cc1cccc(C)c1-n1cc(CO)ccc1=O. The van der Waals surface area contributed by atoms with E-state index in [1.54, 1.807) is 16.8 Å². The summed E-state index contributed by atoms with van der Waals surface area (Å²) in [5, 5.41) is 9.12. The number of pyridine rings is 1. The molecule has 17 heavy (non-hydrogen) atoms. The predicted molar refractivity (Wildman–Crippen MR) is 67.4 cm³/mol. The number of benzene rings is 1. The topological polar surface area (TPSA) is 42.2 Å². The molecule has 0 fully saturated rings. The molecule has 2 aromatic rings. The fraction of sp³-hybridized carbons (Fsp3) is 0.214. The van der Waals surface area contributed by atoms with E-state index in [-0.39, 0.29) is 12.2 Å². The average molecular weight is 229 g/mol. The fourth-order valence-corrected chi connectivity index (χ4v) is 1.99. The van der Waals surface area contributed by atoms with Gasteiger partial charge in [0.2, 0.25) is 0 Å². The third kappa shape index (κ3) is 2.15. The first kappa shape index (κ1) is 11.6. The molecule has 0 spiro atoms. The molecule has 88 valence electrons. The van der Waals surface area contributed by atoms with Crippen molar-refractivity contribution in [2.75, 3.05) is 0 Å². The van der Waals surface area contributed by atoms with Crippen LogP contribution in [0.2, 0.25) is 0 Å². The zero-order valence-electron chi connectivity index (χ0n) is 9.97. The minimum absolute atomic E-state index is 0.0643. The number of aromatic nitrogens is 1. The molecule has 0 aliphatic heterocycles. The van der Waals surface area contributed by atoms with Crippen molar-refractivity contribution in [1.82, 2.24) is 4.57 Å². The zero-order chi connectivity index (χ0) is 12.4. The Kier molecular flexibility index (Phi) is 3.11. The summed E-state index contributed by atoms with van der Waals surface area (Å²) in [6.07, 6.45) is 1.69. The Hall–Kier alpha value is -1.87. The molecule has 1 heterocycles. The van der Waals surface area contributed by atoms with E-state index in [9.17, 15) is 4.79 Å². The lowest BCUT2D eigenvalue weighted by molar-refractivity contribution is 0.281. The van der Waals surface area contributed by atoms with Crippen molar-refractivity contribution in [2.45, 2.75) is 20.5 Å². The summed E-state index contributed by atoms with van der Waals surface area (Å²) >= 11 is 0. The van der Waals surface area contributed by atoms with Gasteiger partial charge in [0.1, 0.15) is 0 Å². The minimum Gasteiger partial charge on any atom is -0.392 e. The van der Waals surface area contributed by atoms with Crippen LogP contribution in [-0.4, -0.2) is 9.67 Å². The Bertz CT molecular complexity index is 579. The van der Waals surface area contributed by atoms with Crippen LogP contribution in [0.25, 0.3) is 5.69 Å². The van der Waals surface area contributed by atoms with E-state index in [1.165, 1.54) is 6.07 Å². The molecular weight excluding hydrogens is 214 g/mol. The number of para-hydroxylation sites is 1. The number of nitrogens with zero attached hydrogens (tertiary/aromatic N) is 1. The standard InChI is InChI=1S/C14H15NO2/c1-10-4-3-5-11(2)14(10)15-8-12(9-16)6-7-13(15)17/h3-8,16H,9H2,1-2H3. The quantitative estimate of drug-likeness (QED) is 0.855. The van der Waals surface area contributed by atoms with Gasteiger partial charge in [-0.1, -0.05) is 18.2 Å². The van der Waals surface area contributed by atoms with E-state index in [0.717, 1.165) is 22.4 Å². The first-order chi connectivity index (χ1) is 8.13. The number of aliphatic hydroxyl groups is 1.